The van der Waals surface area contributed by atoms with Crippen LogP contribution in [0, 0.1) is 6.92 Å². The highest BCUT2D eigenvalue weighted by Gasteiger charge is 2.16. The van der Waals surface area contributed by atoms with Crippen LogP contribution in [-0.4, -0.2) is 26.4 Å². The van der Waals surface area contributed by atoms with Crippen LogP contribution in [0.4, 0.5) is 5.69 Å². The fourth-order valence-corrected chi connectivity index (χ4v) is 3.86. The van der Waals surface area contributed by atoms with Crippen LogP contribution < -0.4 is 5.32 Å². The minimum absolute atomic E-state index is 0.142. The van der Waals surface area contributed by atoms with E-state index in [-0.39, 0.29) is 11.7 Å². The van der Waals surface area contributed by atoms with Gasteiger partial charge in [0.2, 0.25) is 5.91 Å². The van der Waals surface area contributed by atoms with Crippen LogP contribution in [0.2, 0.25) is 15.1 Å². The zero-order valence-electron chi connectivity index (χ0n) is 15.2. The molecule has 5 nitrogen and oxygen atoms in total. The predicted molar refractivity (Wildman–Crippen MR) is 117 cm³/mol. The third-order valence-corrected chi connectivity index (χ3v) is 6.20. The molecule has 146 valence electrons. The predicted octanol–water partition coefficient (Wildman–Crippen LogP) is 5.96. The van der Waals surface area contributed by atoms with Gasteiger partial charge in [0.25, 0.3) is 0 Å². The standard InChI is InChI=1S/C19H17Cl3N4OS/c1-3-26-18(12-7-8-14(21)15(22)9-12)24-25-19(26)28-10-17(27)23-16-6-4-5-13(20)11(16)2/h4-9H,3,10H2,1-2H3,(H,23,27). The molecule has 0 saturated heterocycles. The molecule has 1 aromatic heterocycles. The monoisotopic (exact) mass is 454 g/mol. The average Bonchev–Trinajstić information content (AvgIpc) is 3.09. The zero-order chi connectivity index (χ0) is 20.3. The van der Waals surface area contributed by atoms with Gasteiger partial charge in [0, 0.05) is 22.8 Å². The van der Waals surface area contributed by atoms with E-state index in [0.29, 0.717) is 38.3 Å². The maximum absolute atomic E-state index is 12.3. The summed E-state index contributed by atoms with van der Waals surface area (Å²) in [5.41, 5.74) is 2.35. The second-order valence-electron chi connectivity index (χ2n) is 5.93. The first-order chi connectivity index (χ1) is 13.4. The van der Waals surface area contributed by atoms with Crippen molar-refractivity contribution in [2.45, 2.75) is 25.5 Å². The van der Waals surface area contributed by atoms with Crippen LogP contribution in [0.15, 0.2) is 41.6 Å². The number of nitrogens with one attached hydrogen (secondary N) is 1. The number of carbonyl (C=O) groups is 1. The van der Waals surface area contributed by atoms with E-state index in [9.17, 15) is 4.79 Å². The molecule has 1 amide bonds. The van der Waals surface area contributed by atoms with Gasteiger partial charge in [-0.3, -0.25) is 4.79 Å². The number of hydrogen-bond acceptors (Lipinski definition) is 4. The Morgan fingerprint density at radius 1 is 1.11 bits per heavy atom. The summed E-state index contributed by atoms with van der Waals surface area (Å²) in [6.45, 7) is 4.51. The molecule has 0 aliphatic carbocycles. The fraction of sp³-hybridized carbons (Fsp3) is 0.211. The van der Waals surface area contributed by atoms with Gasteiger partial charge in [0.1, 0.15) is 0 Å². The first kappa shape index (κ1) is 21.0. The number of benzene rings is 2. The van der Waals surface area contributed by atoms with Crippen LogP contribution in [0.25, 0.3) is 11.4 Å². The second-order valence-corrected chi connectivity index (χ2v) is 8.09. The van der Waals surface area contributed by atoms with E-state index in [1.54, 1.807) is 24.3 Å². The van der Waals surface area contributed by atoms with Crippen molar-refractivity contribution in [3.63, 3.8) is 0 Å². The third kappa shape index (κ3) is 4.63. The molecule has 0 atom stereocenters. The van der Waals surface area contributed by atoms with Crippen LogP contribution >= 0.6 is 46.6 Å². The Labute approximate surface area is 182 Å². The Bertz CT molecular complexity index is 1020. The van der Waals surface area contributed by atoms with E-state index >= 15 is 0 Å². The Morgan fingerprint density at radius 3 is 2.61 bits per heavy atom. The summed E-state index contributed by atoms with van der Waals surface area (Å²) < 4.78 is 1.93. The van der Waals surface area contributed by atoms with Crippen molar-refractivity contribution < 1.29 is 4.79 Å². The van der Waals surface area contributed by atoms with Gasteiger partial charge in [0.15, 0.2) is 11.0 Å². The van der Waals surface area contributed by atoms with Crippen LogP contribution in [-0.2, 0) is 11.3 Å². The Hall–Kier alpha value is -1.73. The lowest BCUT2D eigenvalue weighted by Crippen LogP contribution is -2.15. The molecule has 0 bridgehead atoms. The summed E-state index contributed by atoms with van der Waals surface area (Å²) in [5.74, 6) is 0.734. The molecule has 0 radical (unpaired) electrons. The van der Waals surface area contributed by atoms with E-state index in [1.165, 1.54) is 11.8 Å². The summed E-state index contributed by atoms with van der Waals surface area (Å²) in [6, 6.07) is 10.7. The van der Waals surface area contributed by atoms with Gasteiger partial charge in [-0.15, -0.1) is 10.2 Å². The van der Waals surface area contributed by atoms with E-state index in [0.717, 1.165) is 11.1 Å². The summed E-state index contributed by atoms with van der Waals surface area (Å²) in [5, 5.41) is 13.6. The summed E-state index contributed by atoms with van der Waals surface area (Å²) in [7, 11) is 0. The van der Waals surface area contributed by atoms with Gasteiger partial charge in [-0.1, -0.05) is 52.6 Å². The van der Waals surface area contributed by atoms with Crippen LogP contribution in [0.5, 0.6) is 0 Å². The normalized spacial score (nSPS) is 10.9. The summed E-state index contributed by atoms with van der Waals surface area (Å²) in [6.07, 6.45) is 0. The van der Waals surface area contributed by atoms with E-state index in [2.05, 4.69) is 15.5 Å². The highest BCUT2D eigenvalue weighted by molar-refractivity contribution is 7.99. The second kappa shape index (κ2) is 9.18. The molecule has 3 rings (SSSR count). The summed E-state index contributed by atoms with van der Waals surface area (Å²) >= 11 is 19.5. The molecule has 1 heterocycles. The fourth-order valence-electron chi connectivity index (χ4n) is 2.59. The van der Waals surface area contributed by atoms with Crippen LogP contribution in [0.1, 0.15) is 12.5 Å². The van der Waals surface area contributed by atoms with Crippen molar-refractivity contribution in [1.82, 2.24) is 14.8 Å². The van der Waals surface area contributed by atoms with Gasteiger partial charge in [-0.05, 0) is 49.7 Å². The maximum Gasteiger partial charge on any atom is 0.234 e. The van der Waals surface area contributed by atoms with Gasteiger partial charge in [-0.25, -0.2) is 0 Å². The van der Waals surface area contributed by atoms with Gasteiger partial charge >= 0.3 is 0 Å². The highest BCUT2D eigenvalue weighted by Crippen LogP contribution is 2.30. The molecule has 9 heteroatoms. The number of amides is 1. The number of halogens is 3. The molecule has 0 aliphatic rings. The number of anilines is 1. The molecule has 2 aromatic carbocycles. The largest absolute Gasteiger partial charge is 0.325 e. The molecule has 1 N–H and O–H groups in total. The lowest BCUT2D eigenvalue weighted by molar-refractivity contribution is -0.113. The Balaban J connectivity index is 1.72. The van der Waals surface area contributed by atoms with Crippen molar-refractivity contribution in [3.8, 4) is 11.4 Å². The number of aromatic nitrogens is 3. The van der Waals surface area contributed by atoms with Crippen molar-refractivity contribution >= 4 is 58.2 Å². The topological polar surface area (TPSA) is 59.8 Å². The first-order valence-corrected chi connectivity index (χ1v) is 10.6. The molecule has 0 aliphatic heterocycles. The minimum atomic E-state index is -0.142. The summed E-state index contributed by atoms with van der Waals surface area (Å²) in [4.78, 5) is 12.3. The van der Waals surface area contributed by atoms with Gasteiger partial charge in [-0.2, -0.15) is 0 Å². The van der Waals surface area contributed by atoms with Gasteiger partial charge < -0.3 is 9.88 Å². The molecule has 0 spiro atoms. The molecule has 3 aromatic rings. The van der Waals surface area contributed by atoms with Crippen molar-refractivity contribution in [1.29, 1.82) is 0 Å². The smallest absolute Gasteiger partial charge is 0.234 e. The molecule has 28 heavy (non-hydrogen) atoms. The minimum Gasteiger partial charge on any atom is -0.325 e. The van der Waals surface area contributed by atoms with E-state index in [4.69, 9.17) is 34.8 Å². The first-order valence-electron chi connectivity index (χ1n) is 8.47. The lowest BCUT2D eigenvalue weighted by Gasteiger charge is -2.10. The number of rotatable bonds is 6. The molecular formula is C19H17Cl3N4OS. The van der Waals surface area contributed by atoms with Crippen molar-refractivity contribution in [2.75, 3.05) is 11.1 Å². The molecule has 0 saturated carbocycles. The lowest BCUT2D eigenvalue weighted by atomic mass is 10.2. The molecule has 0 unspecified atom stereocenters. The quantitative estimate of drug-likeness (QED) is 0.466. The van der Waals surface area contributed by atoms with E-state index < -0.39 is 0 Å². The van der Waals surface area contributed by atoms with Crippen molar-refractivity contribution in [3.05, 3.63) is 57.0 Å². The molecular weight excluding hydrogens is 439 g/mol. The Kier molecular flexibility index (Phi) is 6.88. The van der Waals surface area contributed by atoms with Crippen molar-refractivity contribution in [2.24, 2.45) is 0 Å². The number of hydrogen-bond donors (Lipinski definition) is 1. The third-order valence-electron chi connectivity index (χ3n) is 4.09. The van der Waals surface area contributed by atoms with Gasteiger partial charge in [0.05, 0.1) is 15.8 Å². The SMILES string of the molecule is CCn1c(SCC(=O)Nc2cccc(Cl)c2C)nnc1-c1ccc(Cl)c(Cl)c1. The maximum atomic E-state index is 12.3. The average molecular weight is 456 g/mol. The number of carbonyl (C=O) groups excluding carboxylic acids is 1. The van der Waals surface area contributed by atoms with E-state index in [1.807, 2.05) is 30.5 Å². The van der Waals surface area contributed by atoms with Crippen LogP contribution in [0.3, 0.4) is 0 Å². The molecule has 0 fully saturated rings. The number of thioether (sulfide) groups is 1. The zero-order valence-corrected chi connectivity index (χ0v) is 18.3. The highest BCUT2D eigenvalue weighted by atomic mass is 35.5. The Morgan fingerprint density at radius 2 is 1.89 bits per heavy atom. The number of nitrogens with zero attached hydrogens (tertiary/aromatic N) is 3.